The molecule has 3 N–H and O–H groups in total. The molecule has 0 bridgehead atoms. The number of anilines is 4. The molecule has 0 amide bonds. The van der Waals surface area contributed by atoms with Crippen LogP contribution < -0.4 is 20.4 Å². The summed E-state index contributed by atoms with van der Waals surface area (Å²) in [7, 11) is 0. The van der Waals surface area contributed by atoms with Crippen molar-refractivity contribution < 1.29 is 14.3 Å². The van der Waals surface area contributed by atoms with Gasteiger partial charge in [-0.1, -0.05) is 12.1 Å². The number of hydrogen-bond acceptors (Lipinski definition) is 7. The van der Waals surface area contributed by atoms with E-state index < -0.39 is 5.97 Å². The van der Waals surface area contributed by atoms with Crippen LogP contribution in [0.2, 0.25) is 0 Å². The Bertz CT molecular complexity index is 879. The zero-order chi connectivity index (χ0) is 20.4. The van der Waals surface area contributed by atoms with Gasteiger partial charge in [-0.15, -0.1) is 0 Å². The molecule has 1 aromatic heterocycles. The number of aliphatic carboxylic acids is 1. The first-order valence-corrected chi connectivity index (χ1v) is 9.87. The molecule has 8 nitrogen and oxygen atoms in total. The predicted octanol–water partition coefficient (Wildman–Crippen LogP) is 1.83. The van der Waals surface area contributed by atoms with Gasteiger partial charge in [0.25, 0.3) is 0 Å². The van der Waals surface area contributed by atoms with Gasteiger partial charge in [0.1, 0.15) is 17.8 Å². The first-order valence-electron chi connectivity index (χ1n) is 9.87. The number of para-hydroxylation sites is 1. The standard InChI is InChI=1S/C20H25FN6O2/c21-15-3-1-2-4-16(15)25-9-11-27(12-10-25)19-17(22)18(23-13-24-19)26-7-5-14(6-8-26)20(28)29/h1-4,13-14H,5-12,22H2,(H,28,29). The Labute approximate surface area is 168 Å². The maximum absolute atomic E-state index is 14.1. The number of carbonyl (C=O) groups is 1. The topological polar surface area (TPSA) is 98.8 Å². The van der Waals surface area contributed by atoms with Crippen molar-refractivity contribution in [2.24, 2.45) is 5.92 Å². The number of nitrogen functional groups attached to an aromatic ring is 1. The van der Waals surface area contributed by atoms with Gasteiger partial charge in [-0.2, -0.15) is 0 Å². The maximum Gasteiger partial charge on any atom is 0.306 e. The normalized spacial score (nSPS) is 18.2. The molecule has 0 saturated carbocycles. The smallest absolute Gasteiger partial charge is 0.306 e. The highest BCUT2D eigenvalue weighted by atomic mass is 19.1. The highest BCUT2D eigenvalue weighted by molar-refractivity contribution is 5.76. The van der Waals surface area contributed by atoms with Gasteiger partial charge in [0, 0.05) is 39.3 Å². The molecule has 4 rings (SSSR count). The molecule has 2 aliphatic rings. The molecule has 2 saturated heterocycles. The fraction of sp³-hybridized carbons (Fsp3) is 0.450. The van der Waals surface area contributed by atoms with E-state index in [1.54, 1.807) is 12.1 Å². The number of piperazine rings is 1. The van der Waals surface area contributed by atoms with E-state index in [0.29, 0.717) is 75.1 Å². The van der Waals surface area contributed by atoms with Crippen LogP contribution in [0, 0.1) is 11.7 Å². The van der Waals surface area contributed by atoms with Crippen molar-refractivity contribution in [3.63, 3.8) is 0 Å². The molecule has 2 aliphatic heterocycles. The molecule has 2 fully saturated rings. The van der Waals surface area contributed by atoms with Gasteiger partial charge >= 0.3 is 5.97 Å². The highest BCUT2D eigenvalue weighted by Crippen LogP contribution is 2.32. The number of halogens is 1. The number of piperidine rings is 1. The van der Waals surface area contributed by atoms with Crippen LogP contribution in [0.5, 0.6) is 0 Å². The van der Waals surface area contributed by atoms with Crippen molar-refractivity contribution in [1.29, 1.82) is 0 Å². The number of benzene rings is 1. The van der Waals surface area contributed by atoms with Crippen LogP contribution in [0.1, 0.15) is 12.8 Å². The second kappa shape index (κ2) is 8.10. The fourth-order valence-corrected chi connectivity index (χ4v) is 4.09. The van der Waals surface area contributed by atoms with Gasteiger partial charge in [-0.25, -0.2) is 14.4 Å². The molecular formula is C20H25FN6O2. The van der Waals surface area contributed by atoms with Gasteiger partial charge in [0.2, 0.25) is 0 Å². The zero-order valence-electron chi connectivity index (χ0n) is 16.2. The van der Waals surface area contributed by atoms with E-state index >= 15 is 0 Å². The summed E-state index contributed by atoms with van der Waals surface area (Å²) in [5.41, 5.74) is 7.54. The zero-order valence-corrected chi connectivity index (χ0v) is 16.2. The minimum Gasteiger partial charge on any atom is -0.481 e. The Hall–Kier alpha value is -3.10. The van der Waals surface area contributed by atoms with Gasteiger partial charge in [-0.3, -0.25) is 4.79 Å². The number of hydrogen-bond donors (Lipinski definition) is 2. The molecule has 0 spiro atoms. The van der Waals surface area contributed by atoms with E-state index in [0.717, 1.165) is 0 Å². The molecular weight excluding hydrogens is 375 g/mol. The lowest BCUT2D eigenvalue weighted by atomic mass is 9.97. The van der Waals surface area contributed by atoms with Gasteiger partial charge in [0.15, 0.2) is 11.6 Å². The van der Waals surface area contributed by atoms with Crippen molar-refractivity contribution in [2.75, 3.05) is 59.7 Å². The highest BCUT2D eigenvalue weighted by Gasteiger charge is 2.28. The molecule has 0 unspecified atom stereocenters. The third-order valence-electron chi connectivity index (χ3n) is 5.76. The summed E-state index contributed by atoms with van der Waals surface area (Å²) >= 11 is 0. The van der Waals surface area contributed by atoms with E-state index in [2.05, 4.69) is 14.9 Å². The maximum atomic E-state index is 14.1. The molecule has 3 heterocycles. The third kappa shape index (κ3) is 3.90. The number of carboxylic acid groups (broad SMARTS) is 1. The molecule has 2 aromatic rings. The van der Waals surface area contributed by atoms with E-state index in [9.17, 15) is 14.3 Å². The fourth-order valence-electron chi connectivity index (χ4n) is 4.09. The van der Waals surface area contributed by atoms with Crippen molar-refractivity contribution in [3.05, 3.63) is 36.4 Å². The Kier molecular flexibility index (Phi) is 5.37. The lowest BCUT2D eigenvalue weighted by molar-refractivity contribution is -0.142. The molecule has 0 radical (unpaired) electrons. The number of nitrogens with zero attached hydrogens (tertiary/aromatic N) is 5. The summed E-state index contributed by atoms with van der Waals surface area (Å²) < 4.78 is 14.1. The van der Waals surface area contributed by atoms with Crippen LogP contribution in [-0.2, 0) is 4.79 Å². The largest absolute Gasteiger partial charge is 0.481 e. The van der Waals surface area contributed by atoms with Crippen molar-refractivity contribution in [3.8, 4) is 0 Å². The molecule has 154 valence electrons. The van der Waals surface area contributed by atoms with Crippen LogP contribution in [0.4, 0.5) is 27.4 Å². The Balaban J connectivity index is 1.45. The molecule has 9 heteroatoms. The Morgan fingerprint density at radius 2 is 1.52 bits per heavy atom. The second-order valence-electron chi connectivity index (χ2n) is 7.46. The Morgan fingerprint density at radius 3 is 2.10 bits per heavy atom. The third-order valence-corrected chi connectivity index (χ3v) is 5.76. The molecule has 0 aliphatic carbocycles. The average Bonchev–Trinajstić information content (AvgIpc) is 2.75. The minimum absolute atomic E-state index is 0.213. The number of aromatic nitrogens is 2. The summed E-state index contributed by atoms with van der Waals surface area (Å²) in [4.78, 5) is 26.1. The number of carboxylic acids is 1. The van der Waals surface area contributed by atoms with Crippen molar-refractivity contribution in [2.45, 2.75) is 12.8 Å². The lowest BCUT2D eigenvalue weighted by Crippen LogP contribution is -2.47. The van der Waals surface area contributed by atoms with Crippen LogP contribution >= 0.6 is 0 Å². The van der Waals surface area contributed by atoms with Crippen LogP contribution in [0.25, 0.3) is 0 Å². The van der Waals surface area contributed by atoms with Gasteiger partial charge in [-0.05, 0) is 25.0 Å². The summed E-state index contributed by atoms with van der Waals surface area (Å²) in [5.74, 6) is 0.0856. The summed E-state index contributed by atoms with van der Waals surface area (Å²) in [6.45, 7) is 3.91. The van der Waals surface area contributed by atoms with Crippen LogP contribution in [0.15, 0.2) is 30.6 Å². The number of rotatable bonds is 4. The summed E-state index contributed by atoms with van der Waals surface area (Å²) in [6.07, 6.45) is 2.67. The van der Waals surface area contributed by atoms with E-state index in [1.165, 1.54) is 12.4 Å². The van der Waals surface area contributed by atoms with E-state index in [1.807, 2.05) is 15.9 Å². The quantitative estimate of drug-likeness (QED) is 0.802. The van der Waals surface area contributed by atoms with Crippen molar-refractivity contribution in [1.82, 2.24) is 9.97 Å². The summed E-state index contributed by atoms with van der Waals surface area (Å²) in [5, 5.41) is 9.18. The van der Waals surface area contributed by atoms with Crippen LogP contribution in [0.3, 0.4) is 0 Å². The lowest BCUT2D eigenvalue weighted by Gasteiger charge is -2.38. The minimum atomic E-state index is -0.742. The average molecular weight is 400 g/mol. The van der Waals surface area contributed by atoms with E-state index in [-0.39, 0.29) is 11.7 Å². The summed E-state index contributed by atoms with van der Waals surface area (Å²) in [6, 6.07) is 6.80. The molecule has 1 aromatic carbocycles. The van der Waals surface area contributed by atoms with E-state index in [4.69, 9.17) is 5.73 Å². The first kappa shape index (κ1) is 19.2. The first-order chi connectivity index (χ1) is 14.0. The second-order valence-corrected chi connectivity index (χ2v) is 7.46. The van der Waals surface area contributed by atoms with Gasteiger partial charge in [0.05, 0.1) is 11.6 Å². The van der Waals surface area contributed by atoms with Crippen LogP contribution in [-0.4, -0.2) is 60.3 Å². The van der Waals surface area contributed by atoms with Gasteiger partial charge < -0.3 is 25.5 Å². The SMILES string of the molecule is Nc1c(N2CCC(C(=O)O)CC2)ncnc1N1CCN(c2ccccc2F)CC1. The molecule has 0 atom stereocenters. The monoisotopic (exact) mass is 400 g/mol. The van der Waals surface area contributed by atoms with Crippen molar-refractivity contribution >= 4 is 29.0 Å². The number of nitrogens with two attached hydrogens (primary N) is 1. The predicted molar refractivity (Wildman–Crippen MR) is 110 cm³/mol. The Morgan fingerprint density at radius 1 is 0.966 bits per heavy atom. The molecule has 29 heavy (non-hydrogen) atoms.